The van der Waals surface area contributed by atoms with Gasteiger partial charge in [0.15, 0.2) is 5.13 Å². The van der Waals surface area contributed by atoms with Crippen LogP contribution in [0.15, 0.2) is 112 Å². The van der Waals surface area contributed by atoms with E-state index in [9.17, 15) is 14.4 Å². The fourth-order valence-electron chi connectivity index (χ4n) is 4.27. The third-order valence-electron chi connectivity index (χ3n) is 6.72. The van der Waals surface area contributed by atoms with Gasteiger partial charge in [-0.1, -0.05) is 68.4 Å². The zero-order valence-electron chi connectivity index (χ0n) is 24.9. The lowest BCUT2D eigenvalue weighted by Gasteiger charge is -2.14. The normalized spacial score (nSPS) is 12.0. The molecule has 0 bridgehead atoms. The second kappa shape index (κ2) is 15.0. The maximum absolute atomic E-state index is 13.5. The van der Waals surface area contributed by atoms with Crippen LogP contribution in [0.1, 0.15) is 48.2 Å². The summed E-state index contributed by atoms with van der Waals surface area (Å²) in [5, 5.41) is 12.6. The van der Waals surface area contributed by atoms with Crippen molar-refractivity contribution in [2.24, 2.45) is 0 Å². The van der Waals surface area contributed by atoms with E-state index in [-0.39, 0.29) is 17.5 Å². The van der Waals surface area contributed by atoms with Crippen LogP contribution >= 0.6 is 34.4 Å². The number of thiophene rings is 1. The summed E-state index contributed by atoms with van der Waals surface area (Å²) in [4.78, 5) is 45.8. The van der Waals surface area contributed by atoms with Crippen molar-refractivity contribution in [3.05, 3.63) is 124 Å². The first-order chi connectivity index (χ1) is 21.7. The van der Waals surface area contributed by atoms with Crippen molar-refractivity contribution in [2.45, 2.75) is 36.8 Å². The van der Waals surface area contributed by atoms with Gasteiger partial charge in [0.05, 0.1) is 15.8 Å². The first kappa shape index (κ1) is 31.9. The highest BCUT2D eigenvalue weighted by molar-refractivity contribution is 8.00. The molecule has 0 saturated heterocycles. The van der Waals surface area contributed by atoms with Crippen molar-refractivity contribution in [1.29, 1.82) is 0 Å². The number of thiazole rings is 1. The molecule has 3 aromatic carbocycles. The molecule has 0 spiro atoms. The Labute approximate surface area is 274 Å². The summed E-state index contributed by atoms with van der Waals surface area (Å²) in [6.07, 6.45) is 1.66. The number of nitrogens with zero attached hydrogens (tertiary/aromatic N) is 1. The van der Waals surface area contributed by atoms with Gasteiger partial charge in [-0.05, 0) is 71.8 Å². The lowest BCUT2D eigenvalue weighted by Crippen LogP contribution is -2.30. The number of rotatable bonds is 11. The number of benzene rings is 3. The van der Waals surface area contributed by atoms with Crippen LogP contribution in [0.4, 0.5) is 10.8 Å². The zero-order chi connectivity index (χ0) is 31.8. The Bertz CT molecular complexity index is 1800. The first-order valence-electron chi connectivity index (χ1n) is 14.3. The number of carbonyl (C=O) groups is 3. The van der Waals surface area contributed by atoms with Crippen LogP contribution in [0.2, 0.25) is 0 Å². The molecule has 0 aliphatic rings. The van der Waals surface area contributed by atoms with Crippen LogP contribution < -0.4 is 16.0 Å². The van der Waals surface area contributed by atoms with Crippen molar-refractivity contribution >= 4 is 69.1 Å². The van der Waals surface area contributed by atoms with Crippen LogP contribution in [0, 0.1) is 0 Å². The van der Waals surface area contributed by atoms with E-state index >= 15 is 0 Å². The Balaban J connectivity index is 1.27. The highest BCUT2D eigenvalue weighted by atomic mass is 32.2. The van der Waals surface area contributed by atoms with Gasteiger partial charge in [-0.2, -0.15) is 0 Å². The lowest BCUT2D eigenvalue weighted by atomic mass is 10.0. The largest absolute Gasteiger partial charge is 0.321 e. The van der Waals surface area contributed by atoms with Gasteiger partial charge in [-0.25, -0.2) is 4.98 Å². The van der Waals surface area contributed by atoms with Gasteiger partial charge in [-0.15, -0.1) is 34.4 Å². The minimum absolute atomic E-state index is 0.109. The van der Waals surface area contributed by atoms with Gasteiger partial charge in [0.1, 0.15) is 5.70 Å². The molecule has 2 aromatic heterocycles. The van der Waals surface area contributed by atoms with E-state index in [0.717, 1.165) is 21.0 Å². The summed E-state index contributed by atoms with van der Waals surface area (Å²) in [6.45, 7) is 6.06. The molecule has 10 heteroatoms. The summed E-state index contributed by atoms with van der Waals surface area (Å²) in [5.74, 6) is -0.647. The van der Waals surface area contributed by atoms with E-state index in [1.54, 1.807) is 53.8 Å². The molecule has 3 N–H and O–H groups in total. The molecule has 1 unspecified atom stereocenters. The van der Waals surface area contributed by atoms with E-state index < -0.39 is 11.2 Å². The molecule has 228 valence electrons. The SMILES string of the molecule is CC(Sc1cccc(NC(=O)/C(=C\c2ccc(C(C)C)cc2)NC(=O)c2ccccc2)c1)C(=O)Nc1nc(-c2cccs2)cs1. The molecule has 3 amide bonds. The van der Waals surface area contributed by atoms with Gasteiger partial charge in [0.2, 0.25) is 5.91 Å². The zero-order valence-corrected chi connectivity index (χ0v) is 27.4. The summed E-state index contributed by atoms with van der Waals surface area (Å²) in [6, 6.07) is 27.9. The van der Waals surface area contributed by atoms with Gasteiger partial charge in [0.25, 0.3) is 11.8 Å². The number of hydrogen-bond donors (Lipinski definition) is 3. The van der Waals surface area contributed by atoms with Crippen LogP contribution in [-0.2, 0) is 9.59 Å². The fourth-order valence-corrected chi connectivity index (χ4v) is 6.67. The average molecular weight is 653 g/mol. The highest BCUT2D eigenvalue weighted by Crippen LogP contribution is 2.30. The van der Waals surface area contributed by atoms with E-state index in [0.29, 0.717) is 22.3 Å². The molecule has 7 nitrogen and oxygen atoms in total. The standard InChI is InChI=1S/C35H32N4O3S3/c1-22(2)25-16-14-24(15-17-25)19-29(37-33(41)26-9-5-4-6-10-26)34(42)36-27-11-7-12-28(20-27)45-23(3)32(40)39-35-38-30(21-44-35)31-13-8-18-43-31/h4-23H,1-3H3,(H,36,42)(H,37,41)(H,38,39,40)/b29-19+. The summed E-state index contributed by atoms with van der Waals surface area (Å²) < 4.78 is 0. The van der Waals surface area contributed by atoms with Crippen molar-refractivity contribution in [1.82, 2.24) is 10.3 Å². The Kier molecular flexibility index (Phi) is 10.6. The molecule has 45 heavy (non-hydrogen) atoms. The minimum atomic E-state index is -0.467. The molecule has 1 atom stereocenters. The molecular weight excluding hydrogens is 621 g/mol. The van der Waals surface area contributed by atoms with E-state index in [4.69, 9.17) is 0 Å². The third kappa shape index (κ3) is 8.78. The quantitative estimate of drug-likeness (QED) is 0.0981. The predicted molar refractivity (Wildman–Crippen MR) is 187 cm³/mol. The van der Waals surface area contributed by atoms with Crippen molar-refractivity contribution in [2.75, 3.05) is 10.6 Å². The van der Waals surface area contributed by atoms with Crippen LogP contribution in [0.5, 0.6) is 0 Å². The van der Waals surface area contributed by atoms with Crippen molar-refractivity contribution < 1.29 is 14.4 Å². The number of anilines is 2. The van der Waals surface area contributed by atoms with Crippen molar-refractivity contribution in [3.8, 4) is 10.6 Å². The molecule has 0 radical (unpaired) electrons. The van der Waals surface area contributed by atoms with Gasteiger partial charge in [-0.3, -0.25) is 14.4 Å². The number of amides is 3. The average Bonchev–Trinajstić information content (AvgIpc) is 3.74. The minimum Gasteiger partial charge on any atom is -0.321 e. The molecule has 2 heterocycles. The van der Waals surface area contributed by atoms with E-state index in [1.165, 1.54) is 28.7 Å². The van der Waals surface area contributed by atoms with E-state index in [2.05, 4.69) is 34.8 Å². The fraction of sp³-hybridized carbons (Fsp3) is 0.143. The van der Waals surface area contributed by atoms with Crippen LogP contribution in [-0.4, -0.2) is 28.0 Å². The number of nitrogens with one attached hydrogen (secondary N) is 3. The van der Waals surface area contributed by atoms with Crippen molar-refractivity contribution in [3.63, 3.8) is 0 Å². The summed E-state index contributed by atoms with van der Waals surface area (Å²) in [5.41, 5.74) is 3.89. The second-order valence-electron chi connectivity index (χ2n) is 10.4. The Morgan fingerprint density at radius 3 is 2.33 bits per heavy atom. The number of carbonyl (C=O) groups excluding carboxylic acids is 3. The highest BCUT2D eigenvalue weighted by Gasteiger charge is 2.18. The summed E-state index contributed by atoms with van der Waals surface area (Å²) in [7, 11) is 0. The van der Waals surface area contributed by atoms with Crippen LogP contribution in [0.3, 0.4) is 0 Å². The number of aromatic nitrogens is 1. The molecule has 0 saturated carbocycles. The monoisotopic (exact) mass is 652 g/mol. The van der Waals surface area contributed by atoms with Gasteiger partial charge >= 0.3 is 0 Å². The lowest BCUT2D eigenvalue weighted by molar-refractivity contribution is -0.115. The topological polar surface area (TPSA) is 100 Å². The Morgan fingerprint density at radius 1 is 0.844 bits per heavy atom. The van der Waals surface area contributed by atoms with Crippen LogP contribution in [0.25, 0.3) is 16.6 Å². The van der Waals surface area contributed by atoms with Gasteiger partial charge < -0.3 is 16.0 Å². The molecule has 0 aliphatic heterocycles. The first-order valence-corrected chi connectivity index (χ1v) is 17.0. The number of hydrogen-bond acceptors (Lipinski definition) is 7. The predicted octanol–water partition coefficient (Wildman–Crippen LogP) is 8.52. The maximum atomic E-state index is 13.5. The third-order valence-corrected chi connectivity index (χ3v) is 9.47. The smallest absolute Gasteiger partial charge is 0.272 e. The molecular formula is C35H32N4O3S3. The van der Waals surface area contributed by atoms with Gasteiger partial charge in [0, 0.05) is 21.5 Å². The second-order valence-corrected chi connectivity index (χ2v) is 13.7. The summed E-state index contributed by atoms with van der Waals surface area (Å²) >= 11 is 4.36. The Hall–Kier alpha value is -4.51. The molecule has 5 aromatic rings. The van der Waals surface area contributed by atoms with E-state index in [1.807, 2.05) is 72.3 Å². The Morgan fingerprint density at radius 2 is 1.62 bits per heavy atom. The number of thioether (sulfide) groups is 1. The molecule has 0 aliphatic carbocycles. The maximum Gasteiger partial charge on any atom is 0.272 e. The molecule has 0 fully saturated rings. The molecule has 5 rings (SSSR count).